The predicted octanol–water partition coefficient (Wildman–Crippen LogP) is 8.70. The molecule has 1 aliphatic rings. The third-order valence-corrected chi connectivity index (χ3v) is 11.9. The molecule has 0 radical (unpaired) electrons. The van der Waals surface area contributed by atoms with Crippen LogP contribution in [-0.4, -0.2) is 114 Å². The Morgan fingerprint density at radius 3 is 1.60 bits per heavy atom. The summed E-state index contributed by atoms with van der Waals surface area (Å²) in [4.78, 5) is 54.3. The van der Waals surface area contributed by atoms with E-state index >= 15 is 0 Å². The van der Waals surface area contributed by atoms with E-state index in [0.717, 1.165) is 77.0 Å². The van der Waals surface area contributed by atoms with Crippen LogP contribution in [0.2, 0.25) is 0 Å². The van der Waals surface area contributed by atoms with Crippen LogP contribution in [0.5, 0.6) is 0 Å². The zero-order valence-corrected chi connectivity index (χ0v) is 42.8. The first-order chi connectivity index (χ1) is 33.5. The summed E-state index contributed by atoms with van der Waals surface area (Å²) in [5, 5.41) is 51.3. The highest BCUT2D eigenvalue weighted by molar-refractivity contribution is 7.47. The first-order valence-electron chi connectivity index (χ1n) is 24.5. The molecule has 0 aromatic carbocycles. The summed E-state index contributed by atoms with van der Waals surface area (Å²) in [6.07, 6.45) is 34.9. The molecule has 0 heterocycles. The van der Waals surface area contributed by atoms with E-state index in [2.05, 4.69) is 79.1 Å². The molecule has 0 amide bonds. The molecule has 0 spiro atoms. The van der Waals surface area contributed by atoms with E-state index in [-0.39, 0.29) is 12.8 Å². The number of phosphoric acid groups is 2. The maximum atomic E-state index is 13.0. The van der Waals surface area contributed by atoms with Gasteiger partial charge >= 0.3 is 27.6 Å². The zero-order chi connectivity index (χ0) is 51.9. The fraction of sp³-hybridized carbons (Fsp3) is 0.608. The zero-order valence-electron chi connectivity index (χ0n) is 41.0. The molecule has 8 N–H and O–H groups in total. The van der Waals surface area contributed by atoms with E-state index < -0.39 is 89.6 Å². The number of rotatable bonds is 39. The smallest absolute Gasteiger partial charge is 0.462 e. The number of esters is 2. The Balaban J connectivity index is 2.65. The number of allylic oxidation sites excluding steroid dienone is 16. The molecule has 0 bridgehead atoms. The number of ether oxygens (including phenoxy) is 2. The molecule has 1 aliphatic carbocycles. The highest BCUT2D eigenvalue weighted by Crippen LogP contribution is 2.49. The van der Waals surface area contributed by atoms with Crippen molar-refractivity contribution in [3.8, 4) is 0 Å². The molecule has 1 saturated carbocycles. The predicted molar refractivity (Wildman–Crippen MR) is 270 cm³/mol. The van der Waals surface area contributed by atoms with Crippen LogP contribution in [0.1, 0.15) is 136 Å². The van der Waals surface area contributed by atoms with E-state index in [1.807, 2.05) is 36.5 Å². The van der Waals surface area contributed by atoms with Gasteiger partial charge in [-0.05, 0) is 83.5 Å². The Morgan fingerprint density at radius 1 is 0.529 bits per heavy atom. The molecule has 1 fully saturated rings. The molecule has 0 aromatic rings. The van der Waals surface area contributed by atoms with E-state index in [1.54, 1.807) is 12.2 Å². The minimum atomic E-state index is -5.39. The quantitative estimate of drug-likeness (QED) is 0.00940. The minimum absolute atomic E-state index is 0.0728. The van der Waals surface area contributed by atoms with E-state index in [1.165, 1.54) is 0 Å². The summed E-state index contributed by atoms with van der Waals surface area (Å²) in [6.45, 7) is 2.74. The molecule has 0 saturated heterocycles. The summed E-state index contributed by atoms with van der Waals surface area (Å²) in [6, 6.07) is 0. The standard InChI is InChI=1S/C51H82O17P2/c1-3-5-7-9-11-12-13-14-15-16-17-18-19-20-21-22-26-30-34-38-44(53)64-40-43(41-65-70(62,63)68-51-48(57)46(55)47(56)50(49(51)58)67-69(59,60)61)66-45(54)39-35-31-27-24-23-25-29-33-37-42(52)36-32-28-10-8-6-4-2/h5-8,11-12,14-15,17-18,24-25,27-29,32-33,37,42-43,46-52,55-58H,3-4,9-10,13,16,19-23,26,30-31,34-36,38-41H2,1-2H3,(H,62,63)(H2,59,60,61)/b7-5-,8-6-,12-11-,15-14-,18-17-,27-24-,29-25-,32-28-,37-33+/t42?,43-,46?,47?,48?,49?,50-,51+/m1/s1. The van der Waals surface area contributed by atoms with Crippen LogP contribution in [0.3, 0.4) is 0 Å². The first-order valence-corrected chi connectivity index (χ1v) is 27.6. The Morgan fingerprint density at radius 2 is 1.01 bits per heavy atom. The number of aliphatic hydroxyl groups excluding tert-OH is 5. The third-order valence-electron chi connectivity index (χ3n) is 10.4. The van der Waals surface area contributed by atoms with Crippen molar-refractivity contribution in [2.24, 2.45) is 0 Å². The summed E-state index contributed by atoms with van der Waals surface area (Å²) in [5.74, 6) is -1.34. The van der Waals surface area contributed by atoms with Crippen molar-refractivity contribution in [2.75, 3.05) is 13.2 Å². The minimum Gasteiger partial charge on any atom is -0.462 e. The largest absolute Gasteiger partial charge is 0.472 e. The van der Waals surface area contributed by atoms with Crippen LogP contribution in [0.4, 0.5) is 0 Å². The summed E-state index contributed by atoms with van der Waals surface area (Å²) in [7, 11) is -10.7. The van der Waals surface area contributed by atoms with Crippen LogP contribution >= 0.6 is 15.6 Å². The molecular formula is C51H82O17P2. The molecule has 0 aromatic heterocycles. The maximum Gasteiger partial charge on any atom is 0.472 e. The van der Waals surface area contributed by atoms with Crippen molar-refractivity contribution in [3.05, 3.63) is 109 Å². The number of aliphatic hydroxyl groups is 5. The molecule has 9 atom stereocenters. The summed E-state index contributed by atoms with van der Waals surface area (Å²) in [5.41, 5.74) is 0. The number of carbonyl (C=O) groups is 2. The topological polar surface area (TPSA) is 276 Å². The van der Waals surface area contributed by atoms with Crippen molar-refractivity contribution in [1.82, 2.24) is 0 Å². The highest BCUT2D eigenvalue weighted by Gasteiger charge is 2.54. The highest BCUT2D eigenvalue weighted by atomic mass is 31.2. The van der Waals surface area contributed by atoms with Crippen molar-refractivity contribution in [1.29, 1.82) is 0 Å². The van der Waals surface area contributed by atoms with Crippen molar-refractivity contribution in [3.63, 3.8) is 0 Å². The lowest BCUT2D eigenvalue weighted by Gasteiger charge is -2.43. The monoisotopic (exact) mass is 1030 g/mol. The average Bonchev–Trinajstić information content (AvgIpc) is 3.31. The fourth-order valence-electron chi connectivity index (χ4n) is 6.66. The maximum absolute atomic E-state index is 13.0. The lowest BCUT2D eigenvalue weighted by Crippen LogP contribution is -2.64. The van der Waals surface area contributed by atoms with Gasteiger partial charge in [-0.3, -0.25) is 23.2 Å². The van der Waals surface area contributed by atoms with Gasteiger partial charge in [-0.25, -0.2) is 9.13 Å². The van der Waals surface area contributed by atoms with Gasteiger partial charge in [-0.1, -0.05) is 149 Å². The average molecular weight is 1030 g/mol. The van der Waals surface area contributed by atoms with Gasteiger partial charge in [-0.15, -0.1) is 0 Å². The van der Waals surface area contributed by atoms with Gasteiger partial charge in [0.1, 0.15) is 43.2 Å². The van der Waals surface area contributed by atoms with Gasteiger partial charge in [0.2, 0.25) is 0 Å². The molecule has 70 heavy (non-hydrogen) atoms. The SMILES string of the molecule is CC/C=C\C/C=C\C/C=C\C/C=C\CCCCCCCCC(=O)OC[C@H](COP(=O)(O)O[C@H]1C(O)C(O)C(O)[C@@H](OP(=O)(O)O)C1O)OC(=O)CCC/C=C\C/C=C\C=C\C(O)C/C=C\C/C=C\CC. The van der Waals surface area contributed by atoms with Crippen LogP contribution in [0, 0.1) is 0 Å². The van der Waals surface area contributed by atoms with Gasteiger partial charge < -0.3 is 49.7 Å². The second-order valence-electron chi connectivity index (χ2n) is 16.6. The first kappa shape index (κ1) is 64.6. The summed E-state index contributed by atoms with van der Waals surface area (Å²) >= 11 is 0. The molecule has 398 valence electrons. The molecule has 1 rings (SSSR count). The van der Waals surface area contributed by atoms with Crippen molar-refractivity contribution >= 4 is 27.6 Å². The normalized spacial score (nSPS) is 22.4. The number of phosphoric ester groups is 2. The summed E-state index contributed by atoms with van der Waals surface area (Å²) < 4.78 is 49.3. The Bertz CT molecular complexity index is 1780. The Labute approximate surface area is 415 Å². The van der Waals surface area contributed by atoms with E-state index in [4.69, 9.17) is 18.5 Å². The van der Waals surface area contributed by atoms with Crippen molar-refractivity contribution in [2.45, 2.75) is 185 Å². The van der Waals surface area contributed by atoms with E-state index in [9.17, 15) is 58.9 Å². The van der Waals surface area contributed by atoms with Gasteiger partial charge in [0, 0.05) is 12.8 Å². The second kappa shape index (κ2) is 40.1. The fourth-order valence-corrected chi connectivity index (χ4v) is 8.20. The van der Waals surface area contributed by atoms with Gasteiger partial charge in [0.15, 0.2) is 6.10 Å². The van der Waals surface area contributed by atoms with Crippen LogP contribution in [0.25, 0.3) is 0 Å². The van der Waals surface area contributed by atoms with Gasteiger partial charge in [0.05, 0.1) is 12.7 Å². The molecule has 0 aliphatic heterocycles. The lowest BCUT2D eigenvalue weighted by atomic mass is 9.85. The van der Waals surface area contributed by atoms with E-state index in [0.29, 0.717) is 32.1 Å². The van der Waals surface area contributed by atoms with Crippen LogP contribution in [0.15, 0.2) is 109 Å². The molecular weight excluding hydrogens is 946 g/mol. The number of hydrogen-bond donors (Lipinski definition) is 8. The Kier molecular flexibility index (Phi) is 37.1. The van der Waals surface area contributed by atoms with Crippen LogP contribution in [-0.2, 0) is 41.8 Å². The number of carbonyl (C=O) groups excluding carboxylic acids is 2. The van der Waals surface area contributed by atoms with Gasteiger partial charge in [-0.2, -0.15) is 0 Å². The third kappa shape index (κ3) is 34.1. The molecule has 19 heteroatoms. The number of unbranched alkanes of at least 4 members (excludes halogenated alkanes) is 7. The molecule has 17 nitrogen and oxygen atoms in total. The Hall–Kier alpha value is -3.38. The molecule has 6 unspecified atom stereocenters. The second-order valence-corrected chi connectivity index (χ2v) is 19.2. The van der Waals surface area contributed by atoms with Gasteiger partial charge in [0.25, 0.3) is 0 Å². The number of hydrogen-bond acceptors (Lipinski definition) is 14. The van der Waals surface area contributed by atoms with Crippen LogP contribution < -0.4 is 0 Å². The van der Waals surface area contributed by atoms with Crippen molar-refractivity contribution < 1.29 is 82.0 Å². The lowest BCUT2D eigenvalue weighted by molar-refractivity contribution is -0.216.